The number of hydrogen-bond acceptors (Lipinski definition) is 5. The van der Waals surface area contributed by atoms with Crippen LogP contribution in [0, 0.1) is 12.8 Å². The summed E-state index contributed by atoms with van der Waals surface area (Å²) in [6.45, 7) is 4.38. The van der Waals surface area contributed by atoms with Crippen LogP contribution in [0.4, 0.5) is 5.69 Å². The number of rotatable bonds is 3. The van der Waals surface area contributed by atoms with Gasteiger partial charge in [0, 0.05) is 48.8 Å². The Hall–Kier alpha value is -3.12. The Morgan fingerprint density at radius 2 is 2.07 bits per heavy atom. The van der Waals surface area contributed by atoms with E-state index in [0.29, 0.717) is 29.7 Å². The molecule has 1 fully saturated rings. The molecule has 1 amide bonds. The molecule has 2 aromatic carbocycles. The van der Waals surface area contributed by atoms with Crippen molar-refractivity contribution in [3.63, 3.8) is 0 Å². The van der Waals surface area contributed by atoms with Crippen LogP contribution >= 0.6 is 0 Å². The maximum atomic E-state index is 13.0. The molecule has 0 spiro atoms. The van der Waals surface area contributed by atoms with E-state index in [2.05, 4.69) is 11.4 Å². The quantitative estimate of drug-likeness (QED) is 0.697. The summed E-state index contributed by atoms with van der Waals surface area (Å²) in [5, 5.41) is 4.30. The molecule has 1 saturated heterocycles. The first kappa shape index (κ1) is 17.9. The number of hydrogen-bond donors (Lipinski definition) is 1. The summed E-state index contributed by atoms with van der Waals surface area (Å²) < 4.78 is 11.0. The summed E-state index contributed by atoms with van der Waals surface area (Å²) in [6, 6.07) is 14.9. The summed E-state index contributed by atoms with van der Waals surface area (Å²) in [5.41, 5.74) is 3.12. The van der Waals surface area contributed by atoms with Gasteiger partial charge in [0.15, 0.2) is 6.61 Å². The highest BCUT2D eigenvalue weighted by molar-refractivity contribution is 5.96. The van der Waals surface area contributed by atoms with Crippen molar-refractivity contribution in [2.75, 3.05) is 31.1 Å². The van der Waals surface area contributed by atoms with Gasteiger partial charge in [0.1, 0.15) is 11.3 Å². The van der Waals surface area contributed by atoms with Gasteiger partial charge in [-0.05, 0) is 42.2 Å². The van der Waals surface area contributed by atoms with Crippen molar-refractivity contribution in [3.05, 3.63) is 70.1 Å². The van der Waals surface area contributed by atoms with Crippen LogP contribution in [-0.4, -0.2) is 32.1 Å². The van der Waals surface area contributed by atoms with Crippen LogP contribution in [0.2, 0.25) is 0 Å². The number of amides is 1. The molecular formula is C23H22N2O4. The Balaban J connectivity index is 1.36. The lowest BCUT2D eigenvalue weighted by atomic mass is 9.83. The van der Waals surface area contributed by atoms with Crippen molar-refractivity contribution in [3.8, 4) is 5.75 Å². The molecule has 2 aliphatic rings. The monoisotopic (exact) mass is 390 g/mol. The molecule has 0 saturated carbocycles. The van der Waals surface area contributed by atoms with Gasteiger partial charge in [-0.15, -0.1) is 0 Å². The number of carbonyl (C=O) groups is 1. The molecule has 1 N–H and O–H groups in total. The van der Waals surface area contributed by atoms with E-state index in [4.69, 9.17) is 9.15 Å². The third-order valence-corrected chi connectivity index (χ3v) is 5.97. The van der Waals surface area contributed by atoms with Gasteiger partial charge in [-0.1, -0.05) is 18.2 Å². The minimum absolute atomic E-state index is 0.0687. The third-order valence-electron chi connectivity index (χ3n) is 5.97. The summed E-state index contributed by atoms with van der Waals surface area (Å²) in [7, 11) is 0. The van der Waals surface area contributed by atoms with Crippen LogP contribution in [0.25, 0.3) is 11.0 Å². The summed E-state index contributed by atoms with van der Waals surface area (Å²) in [5.74, 6) is 1.31. The van der Waals surface area contributed by atoms with Crippen LogP contribution < -0.4 is 20.6 Å². The van der Waals surface area contributed by atoms with E-state index in [9.17, 15) is 9.59 Å². The standard InChI is InChI=1S/C23H22N2O4/c1-14-8-23(27)29-21-9-16(6-7-17(14)21)28-13-22(26)25-12-15-10-24-11-19(15)18-4-2-3-5-20(18)25/h2-9,15,19,24H,10-13H2,1H3/t15-,19+/m1/s1. The second kappa shape index (κ2) is 7.04. The Morgan fingerprint density at radius 1 is 1.21 bits per heavy atom. The highest BCUT2D eigenvalue weighted by atomic mass is 16.5. The first-order valence-corrected chi connectivity index (χ1v) is 9.87. The largest absolute Gasteiger partial charge is 0.484 e. The molecule has 2 atom stereocenters. The second-order valence-electron chi connectivity index (χ2n) is 7.78. The third kappa shape index (κ3) is 3.19. The van der Waals surface area contributed by atoms with E-state index in [-0.39, 0.29) is 12.5 Å². The number of benzene rings is 2. The number of nitrogens with one attached hydrogen (secondary N) is 1. The SMILES string of the molecule is Cc1cc(=O)oc2cc(OCC(=O)N3C[C@H]4CNC[C@@H]4c4ccccc43)ccc12. The fourth-order valence-corrected chi connectivity index (χ4v) is 4.52. The Morgan fingerprint density at radius 3 is 2.97 bits per heavy atom. The van der Waals surface area contributed by atoms with Crippen molar-refractivity contribution in [2.24, 2.45) is 5.92 Å². The van der Waals surface area contributed by atoms with E-state index in [1.54, 1.807) is 12.1 Å². The Kier molecular flexibility index (Phi) is 4.36. The highest BCUT2D eigenvalue weighted by Gasteiger charge is 2.38. The summed E-state index contributed by atoms with van der Waals surface area (Å²) in [4.78, 5) is 26.5. The normalized spacial score (nSPS) is 20.4. The molecule has 0 aliphatic carbocycles. The zero-order valence-electron chi connectivity index (χ0n) is 16.2. The van der Waals surface area contributed by atoms with Gasteiger partial charge < -0.3 is 19.4 Å². The topological polar surface area (TPSA) is 71.8 Å². The molecule has 2 aliphatic heterocycles. The van der Waals surface area contributed by atoms with Gasteiger partial charge >= 0.3 is 5.63 Å². The van der Waals surface area contributed by atoms with E-state index in [1.807, 2.05) is 36.1 Å². The van der Waals surface area contributed by atoms with Gasteiger partial charge in [0.2, 0.25) is 0 Å². The van der Waals surface area contributed by atoms with Crippen molar-refractivity contribution in [1.82, 2.24) is 5.32 Å². The lowest BCUT2D eigenvalue weighted by molar-refractivity contribution is -0.120. The fourth-order valence-electron chi connectivity index (χ4n) is 4.52. The molecule has 3 heterocycles. The van der Waals surface area contributed by atoms with Crippen LogP contribution in [-0.2, 0) is 4.79 Å². The smallest absolute Gasteiger partial charge is 0.336 e. The molecule has 6 heteroatoms. The van der Waals surface area contributed by atoms with E-state index >= 15 is 0 Å². The molecule has 0 radical (unpaired) electrons. The minimum atomic E-state index is -0.395. The molecule has 0 bridgehead atoms. The van der Waals surface area contributed by atoms with Gasteiger partial charge in [-0.2, -0.15) is 0 Å². The summed E-state index contributed by atoms with van der Waals surface area (Å²) >= 11 is 0. The van der Waals surface area contributed by atoms with Gasteiger partial charge in [-0.3, -0.25) is 4.79 Å². The number of ether oxygens (including phenoxy) is 1. The Labute approximate surface area is 168 Å². The molecule has 0 unspecified atom stereocenters. The molecule has 5 rings (SSSR count). The van der Waals surface area contributed by atoms with Crippen molar-refractivity contribution in [2.45, 2.75) is 12.8 Å². The maximum Gasteiger partial charge on any atom is 0.336 e. The number of nitrogens with zero attached hydrogens (tertiary/aromatic N) is 1. The Bertz CT molecular complexity index is 1150. The van der Waals surface area contributed by atoms with Crippen molar-refractivity contribution in [1.29, 1.82) is 0 Å². The van der Waals surface area contributed by atoms with Gasteiger partial charge in [0.25, 0.3) is 5.91 Å². The first-order valence-electron chi connectivity index (χ1n) is 9.87. The highest BCUT2D eigenvalue weighted by Crippen LogP contribution is 2.40. The van der Waals surface area contributed by atoms with Crippen LogP contribution in [0.3, 0.4) is 0 Å². The predicted molar refractivity (Wildman–Crippen MR) is 111 cm³/mol. The molecular weight excluding hydrogens is 368 g/mol. The number of anilines is 1. The van der Waals surface area contributed by atoms with Crippen LogP contribution in [0.15, 0.2) is 57.7 Å². The lowest BCUT2D eigenvalue weighted by Gasteiger charge is -2.36. The van der Waals surface area contributed by atoms with E-state index < -0.39 is 5.63 Å². The number of carbonyl (C=O) groups excluding carboxylic acids is 1. The fraction of sp³-hybridized carbons (Fsp3) is 0.304. The van der Waals surface area contributed by atoms with Crippen LogP contribution in [0.5, 0.6) is 5.75 Å². The number of fused-ring (bicyclic) bond motifs is 4. The second-order valence-corrected chi connectivity index (χ2v) is 7.78. The molecule has 148 valence electrons. The number of para-hydroxylation sites is 1. The predicted octanol–water partition coefficient (Wildman–Crippen LogP) is 2.83. The molecule has 6 nitrogen and oxygen atoms in total. The van der Waals surface area contributed by atoms with Crippen molar-refractivity contribution >= 4 is 22.6 Å². The molecule has 1 aromatic heterocycles. The molecule has 29 heavy (non-hydrogen) atoms. The van der Waals surface area contributed by atoms with E-state index in [1.165, 1.54) is 11.6 Å². The zero-order valence-corrected chi connectivity index (χ0v) is 16.2. The first-order chi connectivity index (χ1) is 14.1. The lowest BCUT2D eigenvalue weighted by Crippen LogP contribution is -2.43. The van der Waals surface area contributed by atoms with Crippen LogP contribution in [0.1, 0.15) is 17.0 Å². The zero-order chi connectivity index (χ0) is 20.0. The molecule has 3 aromatic rings. The maximum absolute atomic E-state index is 13.0. The number of aryl methyl sites for hydroxylation is 1. The van der Waals surface area contributed by atoms with E-state index in [0.717, 1.165) is 29.7 Å². The average Bonchev–Trinajstić information content (AvgIpc) is 3.20. The van der Waals surface area contributed by atoms with Gasteiger partial charge in [-0.25, -0.2) is 4.79 Å². The minimum Gasteiger partial charge on any atom is -0.484 e. The van der Waals surface area contributed by atoms with Gasteiger partial charge in [0.05, 0.1) is 0 Å². The summed E-state index contributed by atoms with van der Waals surface area (Å²) in [6.07, 6.45) is 0. The average molecular weight is 390 g/mol. The van der Waals surface area contributed by atoms with Crippen molar-refractivity contribution < 1.29 is 13.9 Å².